The smallest absolute Gasteiger partial charge is 0.225 e. The standard InChI is InChI=1S/C23H29N5O3S/c1-16-13-25-23(26-14-16)27-7-3-18(4-8-27)21-12-19-11-20(24-15-22(19)31-21)17-5-9-28(10-6-17)32(2,29)30/h5,11,13-15,18,21H,3-4,6-10,12H2,1-2H3. The van der Waals surface area contributed by atoms with Gasteiger partial charge < -0.3 is 9.64 Å². The van der Waals surface area contributed by atoms with Gasteiger partial charge in [-0.2, -0.15) is 4.31 Å². The third-order valence-electron chi connectivity index (χ3n) is 6.73. The highest BCUT2D eigenvalue weighted by Crippen LogP contribution is 2.36. The largest absolute Gasteiger partial charge is 0.488 e. The van der Waals surface area contributed by atoms with E-state index in [2.05, 4.69) is 25.9 Å². The molecule has 0 amide bonds. The first kappa shape index (κ1) is 21.3. The van der Waals surface area contributed by atoms with E-state index in [4.69, 9.17) is 4.74 Å². The van der Waals surface area contributed by atoms with Gasteiger partial charge in [0.2, 0.25) is 16.0 Å². The summed E-state index contributed by atoms with van der Waals surface area (Å²) < 4.78 is 31.3. The van der Waals surface area contributed by atoms with E-state index < -0.39 is 10.0 Å². The third-order valence-corrected chi connectivity index (χ3v) is 8.00. The van der Waals surface area contributed by atoms with Crippen molar-refractivity contribution in [3.63, 3.8) is 0 Å². The summed E-state index contributed by atoms with van der Waals surface area (Å²) in [5, 5.41) is 0. The second kappa shape index (κ2) is 8.44. The van der Waals surface area contributed by atoms with Crippen molar-refractivity contribution in [2.45, 2.75) is 38.7 Å². The molecule has 1 atom stereocenters. The van der Waals surface area contributed by atoms with Crippen LogP contribution in [0.1, 0.15) is 36.1 Å². The predicted molar refractivity (Wildman–Crippen MR) is 123 cm³/mol. The van der Waals surface area contributed by atoms with Crippen LogP contribution in [0.2, 0.25) is 0 Å². The van der Waals surface area contributed by atoms with Crippen molar-refractivity contribution in [1.29, 1.82) is 0 Å². The second-order valence-corrected chi connectivity index (χ2v) is 11.0. The maximum atomic E-state index is 11.7. The Morgan fingerprint density at radius 1 is 1.06 bits per heavy atom. The highest BCUT2D eigenvalue weighted by Gasteiger charge is 2.34. The van der Waals surface area contributed by atoms with Crippen LogP contribution in [-0.2, 0) is 16.4 Å². The number of hydrogen-bond donors (Lipinski definition) is 0. The molecule has 3 aliphatic rings. The maximum absolute atomic E-state index is 11.7. The molecule has 3 aliphatic heterocycles. The van der Waals surface area contributed by atoms with E-state index in [-0.39, 0.29) is 6.10 Å². The van der Waals surface area contributed by atoms with Crippen molar-refractivity contribution < 1.29 is 13.2 Å². The fraction of sp³-hybridized carbons (Fsp3) is 0.522. The number of aryl methyl sites for hydroxylation is 1. The van der Waals surface area contributed by atoms with E-state index in [1.54, 1.807) is 0 Å². The van der Waals surface area contributed by atoms with E-state index in [1.807, 2.05) is 31.6 Å². The summed E-state index contributed by atoms with van der Waals surface area (Å²) in [4.78, 5) is 15.8. The number of sulfonamides is 1. The summed E-state index contributed by atoms with van der Waals surface area (Å²) in [5.74, 6) is 2.20. The molecule has 9 heteroatoms. The average molecular weight is 456 g/mol. The quantitative estimate of drug-likeness (QED) is 0.700. The van der Waals surface area contributed by atoms with Crippen LogP contribution in [0.4, 0.5) is 5.95 Å². The van der Waals surface area contributed by atoms with E-state index >= 15 is 0 Å². The fourth-order valence-corrected chi connectivity index (χ4v) is 5.58. The van der Waals surface area contributed by atoms with Crippen molar-refractivity contribution in [2.24, 2.45) is 5.92 Å². The van der Waals surface area contributed by atoms with Gasteiger partial charge in [-0.1, -0.05) is 6.08 Å². The van der Waals surface area contributed by atoms with Gasteiger partial charge in [-0.25, -0.2) is 18.4 Å². The van der Waals surface area contributed by atoms with Gasteiger partial charge in [0.15, 0.2) is 0 Å². The Morgan fingerprint density at radius 3 is 2.47 bits per heavy atom. The van der Waals surface area contributed by atoms with Crippen molar-refractivity contribution in [1.82, 2.24) is 19.3 Å². The second-order valence-electron chi connectivity index (χ2n) is 9.02. The number of fused-ring (bicyclic) bond motifs is 1. The number of aromatic nitrogens is 3. The lowest BCUT2D eigenvalue weighted by atomic mass is 9.89. The molecule has 1 saturated heterocycles. The molecular weight excluding hydrogens is 426 g/mol. The van der Waals surface area contributed by atoms with Gasteiger partial charge in [-0.3, -0.25) is 4.98 Å². The van der Waals surface area contributed by atoms with Gasteiger partial charge in [0.1, 0.15) is 11.9 Å². The number of piperidine rings is 1. The lowest BCUT2D eigenvalue weighted by Gasteiger charge is -2.34. The minimum Gasteiger partial charge on any atom is -0.488 e. The van der Waals surface area contributed by atoms with Gasteiger partial charge >= 0.3 is 0 Å². The number of ether oxygens (including phenoxy) is 1. The number of anilines is 1. The van der Waals surface area contributed by atoms with Crippen LogP contribution >= 0.6 is 0 Å². The van der Waals surface area contributed by atoms with Gasteiger partial charge in [0, 0.05) is 50.6 Å². The highest BCUT2D eigenvalue weighted by atomic mass is 32.2. The molecule has 0 radical (unpaired) electrons. The van der Waals surface area contributed by atoms with Crippen LogP contribution in [0, 0.1) is 12.8 Å². The Labute approximate surface area is 189 Å². The number of pyridine rings is 1. The fourth-order valence-electron chi connectivity index (χ4n) is 4.81. The third kappa shape index (κ3) is 4.36. The monoisotopic (exact) mass is 455 g/mol. The molecule has 170 valence electrons. The number of nitrogens with zero attached hydrogens (tertiary/aromatic N) is 5. The maximum Gasteiger partial charge on any atom is 0.225 e. The van der Waals surface area contributed by atoms with Crippen LogP contribution in [0.3, 0.4) is 0 Å². The molecule has 0 spiro atoms. The zero-order valence-electron chi connectivity index (χ0n) is 18.6. The molecule has 5 heterocycles. The molecule has 1 unspecified atom stereocenters. The Balaban J connectivity index is 1.21. The summed E-state index contributed by atoms with van der Waals surface area (Å²) in [7, 11) is -3.15. The van der Waals surface area contributed by atoms with Gasteiger partial charge in [-0.15, -0.1) is 0 Å². The molecule has 0 N–H and O–H groups in total. The van der Waals surface area contributed by atoms with E-state index in [0.29, 0.717) is 25.4 Å². The molecule has 0 bridgehead atoms. The Kier molecular flexibility index (Phi) is 5.63. The average Bonchev–Trinajstić information content (AvgIpc) is 3.23. The molecule has 1 fully saturated rings. The number of rotatable bonds is 4. The molecule has 32 heavy (non-hydrogen) atoms. The van der Waals surface area contributed by atoms with Crippen LogP contribution in [-0.4, -0.2) is 66.2 Å². The van der Waals surface area contributed by atoms with E-state index in [1.165, 1.54) is 16.1 Å². The molecule has 0 aliphatic carbocycles. The molecule has 2 aromatic rings. The molecule has 2 aromatic heterocycles. The van der Waals surface area contributed by atoms with E-state index in [9.17, 15) is 8.42 Å². The summed E-state index contributed by atoms with van der Waals surface area (Å²) in [5.41, 5.74) is 4.33. The lowest BCUT2D eigenvalue weighted by molar-refractivity contribution is 0.138. The summed E-state index contributed by atoms with van der Waals surface area (Å²) in [6, 6.07) is 2.13. The van der Waals surface area contributed by atoms with E-state index in [0.717, 1.165) is 60.9 Å². The normalized spacial score (nSPS) is 22.4. The zero-order chi connectivity index (χ0) is 22.3. The minimum atomic E-state index is -3.15. The number of hydrogen-bond acceptors (Lipinski definition) is 7. The lowest BCUT2D eigenvalue weighted by Crippen LogP contribution is -2.40. The Hall–Kier alpha value is -2.52. The molecule has 0 saturated carbocycles. The molecular formula is C23H29N5O3S. The first-order chi connectivity index (χ1) is 15.4. The van der Waals surface area contributed by atoms with Crippen molar-refractivity contribution in [2.75, 3.05) is 37.3 Å². The van der Waals surface area contributed by atoms with Crippen LogP contribution < -0.4 is 9.64 Å². The molecule has 0 aromatic carbocycles. The minimum absolute atomic E-state index is 0.184. The molecule has 5 rings (SSSR count). The summed E-state index contributed by atoms with van der Waals surface area (Å²) >= 11 is 0. The van der Waals surface area contributed by atoms with Gasteiger partial charge in [0.25, 0.3) is 0 Å². The summed E-state index contributed by atoms with van der Waals surface area (Å²) in [6.45, 7) is 4.80. The molecule has 8 nitrogen and oxygen atoms in total. The highest BCUT2D eigenvalue weighted by molar-refractivity contribution is 7.88. The van der Waals surface area contributed by atoms with Gasteiger partial charge in [0.05, 0.1) is 18.1 Å². The van der Waals surface area contributed by atoms with Crippen molar-refractivity contribution in [3.8, 4) is 5.75 Å². The van der Waals surface area contributed by atoms with Crippen molar-refractivity contribution in [3.05, 3.63) is 47.6 Å². The Morgan fingerprint density at radius 2 is 1.81 bits per heavy atom. The first-order valence-electron chi connectivity index (χ1n) is 11.2. The van der Waals surface area contributed by atoms with Crippen LogP contribution in [0.15, 0.2) is 30.7 Å². The van der Waals surface area contributed by atoms with Crippen LogP contribution in [0.5, 0.6) is 5.75 Å². The zero-order valence-corrected chi connectivity index (χ0v) is 19.4. The van der Waals surface area contributed by atoms with Crippen LogP contribution in [0.25, 0.3) is 5.57 Å². The summed E-state index contributed by atoms with van der Waals surface area (Å²) in [6.07, 6.45) is 12.7. The Bertz CT molecular complexity index is 1120. The van der Waals surface area contributed by atoms with Crippen molar-refractivity contribution >= 4 is 21.5 Å². The van der Waals surface area contributed by atoms with Gasteiger partial charge in [-0.05, 0) is 49.3 Å². The topological polar surface area (TPSA) is 88.5 Å². The SMILES string of the molecule is Cc1cnc(N2CCC(C3Cc4cc(C5=CCN(S(C)(=O)=O)CC5)ncc4O3)CC2)nc1. The predicted octanol–water partition coefficient (Wildman–Crippen LogP) is 2.45. The first-order valence-corrected chi connectivity index (χ1v) is 13.1.